The van der Waals surface area contributed by atoms with Crippen molar-refractivity contribution < 1.29 is 9.50 Å². The smallest absolute Gasteiger partial charge is 0.143 e. The first-order valence-corrected chi connectivity index (χ1v) is 6.03. The maximum absolute atomic E-state index is 13.3. The third-order valence-corrected chi connectivity index (χ3v) is 3.64. The van der Waals surface area contributed by atoms with Gasteiger partial charge in [-0.3, -0.25) is 0 Å². The second kappa shape index (κ2) is 4.70. The third-order valence-electron chi connectivity index (χ3n) is 3.35. The first-order chi connectivity index (χ1) is 8.06. The van der Waals surface area contributed by atoms with Crippen molar-refractivity contribution >= 4 is 23.0 Å². The van der Waals surface area contributed by atoms with Gasteiger partial charge in [-0.05, 0) is 30.7 Å². The first-order valence-electron chi connectivity index (χ1n) is 5.66. The van der Waals surface area contributed by atoms with E-state index < -0.39 is 5.82 Å². The van der Waals surface area contributed by atoms with Gasteiger partial charge in [-0.2, -0.15) is 0 Å². The van der Waals surface area contributed by atoms with E-state index in [1.165, 1.54) is 12.1 Å². The summed E-state index contributed by atoms with van der Waals surface area (Å²) in [5, 5.41) is 12.1. The highest BCUT2D eigenvalue weighted by molar-refractivity contribution is 6.31. The van der Waals surface area contributed by atoms with Crippen LogP contribution in [-0.2, 0) is 0 Å². The van der Waals surface area contributed by atoms with Crippen molar-refractivity contribution in [2.75, 3.05) is 24.2 Å². The van der Waals surface area contributed by atoms with Crippen molar-refractivity contribution in [3.8, 4) is 0 Å². The molecule has 0 unspecified atom stereocenters. The van der Waals surface area contributed by atoms with Crippen LogP contribution in [0.2, 0.25) is 5.02 Å². The highest BCUT2D eigenvalue weighted by Crippen LogP contribution is 2.48. The fourth-order valence-electron chi connectivity index (χ4n) is 1.93. The van der Waals surface area contributed by atoms with Crippen molar-refractivity contribution in [1.82, 2.24) is 0 Å². The Balaban J connectivity index is 2.02. The summed E-state index contributed by atoms with van der Waals surface area (Å²) in [6.45, 7) is 0.894. The molecule has 1 aliphatic carbocycles. The van der Waals surface area contributed by atoms with E-state index >= 15 is 0 Å². The van der Waals surface area contributed by atoms with E-state index in [4.69, 9.17) is 22.4 Å². The number of anilines is 2. The van der Waals surface area contributed by atoms with E-state index in [0.717, 1.165) is 19.3 Å². The van der Waals surface area contributed by atoms with E-state index in [1.54, 1.807) is 0 Å². The number of nitrogen functional groups attached to an aromatic ring is 1. The van der Waals surface area contributed by atoms with Crippen LogP contribution < -0.4 is 11.1 Å². The zero-order valence-electron chi connectivity index (χ0n) is 9.47. The molecule has 94 valence electrons. The van der Waals surface area contributed by atoms with Crippen LogP contribution >= 0.6 is 11.6 Å². The molecule has 0 aromatic heterocycles. The molecule has 4 N–H and O–H groups in total. The molecule has 1 aromatic rings. The monoisotopic (exact) mass is 258 g/mol. The van der Waals surface area contributed by atoms with Gasteiger partial charge in [0.1, 0.15) is 5.82 Å². The van der Waals surface area contributed by atoms with E-state index in [9.17, 15) is 4.39 Å². The Labute approximate surface area is 105 Å². The minimum atomic E-state index is -0.477. The van der Waals surface area contributed by atoms with Gasteiger partial charge in [0.2, 0.25) is 0 Å². The summed E-state index contributed by atoms with van der Waals surface area (Å²) in [7, 11) is 0. The minimum Gasteiger partial charge on any atom is -0.397 e. The topological polar surface area (TPSA) is 58.3 Å². The van der Waals surface area contributed by atoms with Crippen LogP contribution in [0.3, 0.4) is 0 Å². The molecule has 1 fully saturated rings. The standard InChI is InChI=1S/C12H16ClFN2O/c13-8-5-10(15)11(6-9(8)14)16-7-12(1-2-12)3-4-17/h5-6,16-17H,1-4,7,15H2. The predicted molar refractivity (Wildman–Crippen MR) is 67.7 cm³/mol. The van der Waals surface area contributed by atoms with Crippen LogP contribution in [0.1, 0.15) is 19.3 Å². The Hall–Kier alpha value is -1.00. The number of nitrogens with one attached hydrogen (secondary N) is 1. The summed E-state index contributed by atoms with van der Waals surface area (Å²) >= 11 is 5.62. The highest BCUT2D eigenvalue weighted by Gasteiger charge is 2.41. The van der Waals surface area contributed by atoms with Gasteiger partial charge in [0, 0.05) is 19.2 Å². The Bertz CT molecular complexity index is 421. The van der Waals surface area contributed by atoms with Gasteiger partial charge >= 0.3 is 0 Å². The average molecular weight is 259 g/mol. The number of benzene rings is 1. The van der Waals surface area contributed by atoms with Crippen molar-refractivity contribution in [3.05, 3.63) is 23.0 Å². The molecule has 0 heterocycles. The van der Waals surface area contributed by atoms with Gasteiger partial charge in [-0.1, -0.05) is 11.6 Å². The zero-order chi connectivity index (χ0) is 12.5. The van der Waals surface area contributed by atoms with E-state index in [0.29, 0.717) is 17.9 Å². The van der Waals surface area contributed by atoms with Crippen molar-refractivity contribution in [3.63, 3.8) is 0 Å². The zero-order valence-corrected chi connectivity index (χ0v) is 10.2. The summed E-state index contributed by atoms with van der Waals surface area (Å²) in [6, 6.07) is 2.72. The van der Waals surface area contributed by atoms with Gasteiger partial charge < -0.3 is 16.2 Å². The minimum absolute atomic E-state index is 0.0320. The normalized spacial score (nSPS) is 16.9. The lowest BCUT2D eigenvalue weighted by Crippen LogP contribution is -2.17. The summed E-state index contributed by atoms with van der Waals surface area (Å²) < 4.78 is 13.3. The number of aliphatic hydroxyl groups is 1. The van der Waals surface area contributed by atoms with Crippen LogP contribution in [0.5, 0.6) is 0 Å². The number of hydrogen-bond acceptors (Lipinski definition) is 3. The fraction of sp³-hybridized carbons (Fsp3) is 0.500. The summed E-state index contributed by atoms with van der Waals surface area (Å²) in [6.07, 6.45) is 2.96. The Morgan fingerprint density at radius 1 is 1.47 bits per heavy atom. The number of aliphatic hydroxyl groups excluding tert-OH is 1. The van der Waals surface area contributed by atoms with Crippen molar-refractivity contribution in [2.45, 2.75) is 19.3 Å². The second-order valence-corrected chi connectivity index (χ2v) is 5.09. The molecule has 0 amide bonds. The number of nitrogens with two attached hydrogens (primary N) is 1. The van der Waals surface area contributed by atoms with E-state index in [1.807, 2.05) is 0 Å². The molecular formula is C12H16ClFN2O. The van der Waals surface area contributed by atoms with Crippen LogP contribution in [0, 0.1) is 11.2 Å². The molecule has 0 atom stereocenters. The van der Waals surface area contributed by atoms with Crippen LogP contribution in [0.25, 0.3) is 0 Å². The maximum Gasteiger partial charge on any atom is 0.143 e. The molecule has 5 heteroatoms. The highest BCUT2D eigenvalue weighted by atomic mass is 35.5. The van der Waals surface area contributed by atoms with Crippen LogP contribution in [-0.4, -0.2) is 18.3 Å². The van der Waals surface area contributed by atoms with Gasteiger partial charge in [0.15, 0.2) is 0 Å². The SMILES string of the molecule is Nc1cc(Cl)c(F)cc1NCC1(CCO)CC1. The summed E-state index contributed by atoms with van der Waals surface area (Å²) in [4.78, 5) is 0. The molecule has 3 nitrogen and oxygen atoms in total. The Morgan fingerprint density at radius 3 is 2.76 bits per heavy atom. The second-order valence-electron chi connectivity index (χ2n) is 4.68. The van der Waals surface area contributed by atoms with Crippen molar-refractivity contribution in [1.29, 1.82) is 0 Å². The molecule has 1 aromatic carbocycles. The average Bonchev–Trinajstić information content (AvgIpc) is 3.03. The molecule has 2 rings (SSSR count). The van der Waals surface area contributed by atoms with Crippen molar-refractivity contribution in [2.24, 2.45) is 5.41 Å². The lowest BCUT2D eigenvalue weighted by molar-refractivity contribution is 0.253. The predicted octanol–water partition coefficient (Wildman–Crippen LogP) is 2.64. The van der Waals surface area contributed by atoms with Crippen LogP contribution in [0.4, 0.5) is 15.8 Å². The van der Waals surface area contributed by atoms with E-state index in [2.05, 4.69) is 5.32 Å². The number of halogens is 2. The number of rotatable bonds is 5. The fourth-order valence-corrected chi connectivity index (χ4v) is 2.10. The molecule has 0 bridgehead atoms. The van der Waals surface area contributed by atoms with Gasteiger partial charge in [-0.25, -0.2) is 4.39 Å². The summed E-state index contributed by atoms with van der Waals surface area (Å²) in [5.41, 5.74) is 6.92. The lowest BCUT2D eigenvalue weighted by Gasteiger charge is -2.17. The van der Waals surface area contributed by atoms with Gasteiger partial charge in [0.05, 0.1) is 16.4 Å². The van der Waals surface area contributed by atoms with E-state index in [-0.39, 0.29) is 17.0 Å². The van der Waals surface area contributed by atoms with Gasteiger partial charge in [-0.15, -0.1) is 0 Å². The molecule has 0 radical (unpaired) electrons. The third kappa shape index (κ3) is 2.82. The maximum atomic E-state index is 13.3. The summed E-state index contributed by atoms with van der Waals surface area (Å²) in [5.74, 6) is -0.477. The molecular weight excluding hydrogens is 243 g/mol. The Kier molecular flexibility index (Phi) is 3.45. The number of hydrogen-bond donors (Lipinski definition) is 3. The lowest BCUT2D eigenvalue weighted by atomic mass is 10.0. The molecule has 0 spiro atoms. The molecule has 1 saturated carbocycles. The quantitative estimate of drug-likeness (QED) is 0.712. The molecule has 17 heavy (non-hydrogen) atoms. The molecule has 0 saturated heterocycles. The Morgan fingerprint density at radius 2 is 2.18 bits per heavy atom. The van der Waals surface area contributed by atoms with Crippen LogP contribution in [0.15, 0.2) is 12.1 Å². The first kappa shape index (κ1) is 12.5. The molecule has 0 aliphatic heterocycles. The molecule has 1 aliphatic rings. The van der Waals surface area contributed by atoms with Gasteiger partial charge in [0.25, 0.3) is 0 Å². The largest absolute Gasteiger partial charge is 0.397 e.